The van der Waals surface area contributed by atoms with E-state index in [9.17, 15) is 0 Å². The molecule has 126 valence electrons. The predicted octanol–water partition coefficient (Wildman–Crippen LogP) is 3.62. The van der Waals surface area contributed by atoms with Gasteiger partial charge in [-0.05, 0) is 31.4 Å². The van der Waals surface area contributed by atoms with E-state index in [0.717, 1.165) is 30.5 Å². The number of hydrogen-bond acceptors (Lipinski definition) is 2. The van der Waals surface area contributed by atoms with Gasteiger partial charge in [-0.1, -0.05) is 32.8 Å². The van der Waals surface area contributed by atoms with Crippen LogP contribution in [0.3, 0.4) is 0 Å². The molecule has 0 radical (unpaired) electrons. The number of aliphatic imine (C=N–C) groups is 1. The Labute approximate surface area is 152 Å². The summed E-state index contributed by atoms with van der Waals surface area (Å²) in [6.07, 6.45) is 6.47. The average Bonchev–Trinajstić information content (AvgIpc) is 2.47. The Balaban J connectivity index is 0.00000441. The van der Waals surface area contributed by atoms with Gasteiger partial charge in [-0.2, -0.15) is 0 Å². The monoisotopic (exact) mass is 418 g/mol. The van der Waals surface area contributed by atoms with Crippen molar-refractivity contribution in [2.24, 2.45) is 10.9 Å². The number of guanidine groups is 1. The van der Waals surface area contributed by atoms with Crippen LogP contribution in [0.1, 0.15) is 45.7 Å². The Hall–Kier alpha value is -0.850. The van der Waals surface area contributed by atoms with E-state index in [1.165, 1.54) is 19.3 Å². The van der Waals surface area contributed by atoms with Gasteiger partial charge >= 0.3 is 0 Å². The first-order valence-corrected chi connectivity index (χ1v) is 7.99. The standard InChI is InChI=1S/C17H30N4.HI/c1-14(2)8-7-9-15(3)21-17(18-4)20-13-11-16-10-5-6-12-19-16;/h5-6,10,12,14-15H,7-9,11,13H2,1-4H3,(H2,18,20,21);1H. The number of hydrogen-bond donors (Lipinski definition) is 2. The molecule has 0 aliphatic carbocycles. The van der Waals surface area contributed by atoms with Crippen molar-refractivity contribution in [1.82, 2.24) is 15.6 Å². The molecular formula is C17H31IN4. The number of aromatic nitrogens is 1. The highest BCUT2D eigenvalue weighted by Gasteiger charge is 2.05. The minimum Gasteiger partial charge on any atom is -0.356 e. The molecule has 0 aliphatic heterocycles. The zero-order chi connectivity index (χ0) is 15.5. The molecule has 0 saturated heterocycles. The summed E-state index contributed by atoms with van der Waals surface area (Å²) >= 11 is 0. The molecule has 1 unspecified atom stereocenters. The molecule has 0 amide bonds. The summed E-state index contributed by atoms with van der Waals surface area (Å²) in [5.74, 6) is 1.66. The molecule has 2 N–H and O–H groups in total. The third kappa shape index (κ3) is 9.97. The van der Waals surface area contributed by atoms with E-state index in [0.29, 0.717) is 6.04 Å². The fourth-order valence-electron chi connectivity index (χ4n) is 2.19. The second kappa shape index (κ2) is 12.7. The van der Waals surface area contributed by atoms with Crippen LogP contribution in [0, 0.1) is 5.92 Å². The largest absolute Gasteiger partial charge is 0.356 e. The summed E-state index contributed by atoms with van der Waals surface area (Å²) in [6.45, 7) is 7.60. The molecule has 0 fully saturated rings. The van der Waals surface area contributed by atoms with Crippen LogP contribution in [0.5, 0.6) is 0 Å². The first-order chi connectivity index (χ1) is 10.1. The highest BCUT2D eigenvalue weighted by molar-refractivity contribution is 14.0. The van der Waals surface area contributed by atoms with E-state index >= 15 is 0 Å². The molecule has 22 heavy (non-hydrogen) atoms. The van der Waals surface area contributed by atoms with Crippen molar-refractivity contribution in [3.05, 3.63) is 30.1 Å². The molecule has 0 aliphatic rings. The van der Waals surface area contributed by atoms with Crippen LogP contribution in [0.4, 0.5) is 0 Å². The Kier molecular flexibility index (Phi) is 12.2. The molecule has 1 aromatic rings. The Morgan fingerprint density at radius 1 is 1.23 bits per heavy atom. The van der Waals surface area contributed by atoms with Gasteiger partial charge < -0.3 is 10.6 Å². The first kappa shape index (κ1) is 21.1. The lowest BCUT2D eigenvalue weighted by Crippen LogP contribution is -2.42. The smallest absolute Gasteiger partial charge is 0.191 e. The van der Waals surface area contributed by atoms with Crippen LogP contribution >= 0.6 is 24.0 Å². The summed E-state index contributed by atoms with van der Waals surface area (Å²) in [5.41, 5.74) is 1.10. The number of nitrogens with zero attached hydrogens (tertiary/aromatic N) is 2. The minimum atomic E-state index is 0. The van der Waals surface area contributed by atoms with Gasteiger partial charge in [0.1, 0.15) is 0 Å². The van der Waals surface area contributed by atoms with Crippen LogP contribution in [0.15, 0.2) is 29.4 Å². The molecule has 0 saturated carbocycles. The molecule has 4 nitrogen and oxygen atoms in total. The minimum absolute atomic E-state index is 0. The van der Waals surface area contributed by atoms with Gasteiger partial charge in [-0.25, -0.2) is 0 Å². The van der Waals surface area contributed by atoms with Crippen LogP contribution in [-0.4, -0.2) is 30.6 Å². The normalized spacial score (nSPS) is 12.7. The van der Waals surface area contributed by atoms with Gasteiger partial charge in [0.05, 0.1) is 0 Å². The van der Waals surface area contributed by atoms with Crippen molar-refractivity contribution >= 4 is 29.9 Å². The third-order valence-electron chi connectivity index (χ3n) is 3.43. The van der Waals surface area contributed by atoms with Crippen molar-refractivity contribution in [3.8, 4) is 0 Å². The molecule has 1 heterocycles. The molecule has 1 aromatic heterocycles. The maximum atomic E-state index is 4.32. The highest BCUT2D eigenvalue weighted by atomic mass is 127. The molecule has 1 rings (SSSR count). The van der Waals surface area contributed by atoms with E-state index in [-0.39, 0.29) is 24.0 Å². The topological polar surface area (TPSA) is 49.3 Å². The van der Waals surface area contributed by atoms with Gasteiger partial charge in [0.2, 0.25) is 0 Å². The number of pyridine rings is 1. The van der Waals surface area contributed by atoms with Crippen molar-refractivity contribution in [2.45, 2.75) is 52.5 Å². The summed E-state index contributed by atoms with van der Waals surface area (Å²) < 4.78 is 0. The zero-order valence-electron chi connectivity index (χ0n) is 14.3. The van der Waals surface area contributed by atoms with Crippen LogP contribution < -0.4 is 10.6 Å². The highest BCUT2D eigenvalue weighted by Crippen LogP contribution is 2.08. The van der Waals surface area contributed by atoms with Gasteiger partial charge in [-0.3, -0.25) is 9.98 Å². The predicted molar refractivity (Wildman–Crippen MR) is 106 cm³/mol. The molecule has 5 heteroatoms. The third-order valence-corrected chi connectivity index (χ3v) is 3.43. The Morgan fingerprint density at radius 2 is 2.00 bits per heavy atom. The van der Waals surface area contributed by atoms with E-state index in [2.05, 4.69) is 41.4 Å². The molecule has 0 bridgehead atoms. The van der Waals surface area contributed by atoms with Gasteiger partial charge in [-0.15, -0.1) is 24.0 Å². The molecule has 0 spiro atoms. The second-order valence-corrected chi connectivity index (χ2v) is 5.94. The van der Waals surface area contributed by atoms with Crippen molar-refractivity contribution in [3.63, 3.8) is 0 Å². The SMILES string of the molecule is CN=C(NCCc1ccccn1)NC(C)CCCC(C)C.I. The molecular weight excluding hydrogens is 387 g/mol. The summed E-state index contributed by atoms with van der Waals surface area (Å²) in [7, 11) is 1.82. The van der Waals surface area contributed by atoms with Crippen LogP contribution in [-0.2, 0) is 6.42 Å². The van der Waals surface area contributed by atoms with E-state index in [1.807, 2.05) is 31.4 Å². The summed E-state index contributed by atoms with van der Waals surface area (Å²) in [6, 6.07) is 6.46. The lowest BCUT2D eigenvalue weighted by molar-refractivity contribution is 0.491. The van der Waals surface area contributed by atoms with E-state index in [1.54, 1.807) is 0 Å². The van der Waals surface area contributed by atoms with E-state index < -0.39 is 0 Å². The Bertz CT molecular complexity index is 406. The second-order valence-electron chi connectivity index (χ2n) is 5.94. The fourth-order valence-corrected chi connectivity index (χ4v) is 2.19. The number of rotatable bonds is 8. The van der Waals surface area contributed by atoms with Gasteiger partial charge in [0, 0.05) is 37.9 Å². The van der Waals surface area contributed by atoms with Crippen LogP contribution in [0.2, 0.25) is 0 Å². The summed E-state index contributed by atoms with van der Waals surface area (Å²) in [4.78, 5) is 8.60. The maximum Gasteiger partial charge on any atom is 0.191 e. The van der Waals surface area contributed by atoms with Gasteiger partial charge in [0.25, 0.3) is 0 Å². The summed E-state index contributed by atoms with van der Waals surface area (Å²) in [5, 5.41) is 6.79. The van der Waals surface area contributed by atoms with Crippen molar-refractivity contribution < 1.29 is 0 Å². The van der Waals surface area contributed by atoms with Crippen molar-refractivity contribution in [1.29, 1.82) is 0 Å². The molecule has 1 atom stereocenters. The fraction of sp³-hybridized carbons (Fsp3) is 0.647. The zero-order valence-corrected chi connectivity index (χ0v) is 16.6. The van der Waals surface area contributed by atoms with E-state index in [4.69, 9.17) is 0 Å². The number of halogens is 1. The number of nitrogens with one attached hydrogen (secondary N) is 2. The maximum absolute atomic E-state index is 4.32. The average molecular weight is 418 g/mol. The first-order valence-electron chi connectivity index (χ1n) is 7.99. The molecule has 0 aromatic carbocycles. The lowest BCUT2D eigenvalue weighted by atomic mass is 10.0. The van der Waals surface area contributed by atoms with Crippen molar-refractivity contribution in [2.75, 3.05) is 13.6 Å². The quantitative estimate of drug-likeness (QED) is 0.385. The Morgan fingerprint density at radius 3 is 2.59 bits per heavy atom. The van der Waals surface area contributed by atoms with Gasteiger partial charge in [0.15, 0.2) is 5.96 Å². The lowest BCUT2D eigenvalue weighted by Gasteiger charge is -2.18. The van der Waals surface area contributed by atoms with Crippen LogP contribution in [0.25, 0.3) is 0 Å².